The molecule has 0 bridgehead atoms. The lowest BCUT2D eigenvalue weighted by Gasteiger charge is -2.35. The van der Waals surface area contributed by atoms with Crippen LogP contribution in [0.15, 0.2) is 24.3 Å². The maximum Gasteiger partial charge on any atom is 0.328 e. The van der Waals surface area contributed by atoms with E-state index in [9.17, 15) is 14.0 Å². The normalized spacial score (nSPS) is 18.4. The molecule has 1 heterocycles. The molecule has 1 unspecified atom stereocenters. The number of nitrogens with zero attached hydrogens (tertiary/aromatic N) is 2. The highest BCUT2D eigenvalue weighted by molar-refractivity contribution is 5.83. The minimum absolute atomic E-state index is 0.0331. The van der Waals surface area contributed by atoms with Gasteiger partial charge in [0.1, 0.15) is 5.82 Å². The number of halogens is 1. The van der Waals surface area contributed by atoms with Gasteiger partial charge in [-0.15, -0.1) is 0 Å². The van der Waals surface area contributed by atoms with Crippen molar-refractivity contribution in [1.82, 2.24) is 9.80 Å². The summed E-state index contributed by atoms with van der Waals surface area (Å²) in [7, 11) is 1.52. The molecule has 1 saturated heterocycles. The molecule has 21 heavy (non-hydrogen) atoms. The fraction of sp³-hybridized carbons (Fsp3) is 0.429. The van der Waals surface area contributed by atoms with Gasteiger partial charge in [-0.1, -0.05) is 18.2 Å². The molecule has 0 saturated carbocycles. The highest BCUT2D eigenvalue weighted by Gasteiger charge is 2.34. The fourth-order valence-corrected chi connectivity index (χ4v) is 2.21. The number of carbonyl (C=O) groups excluding carboxylic acids is 1. The number of morpholine rings is 1. The summed E-state index contributed by atoms with van der Waals surface area (Å²) in [4.78, 5) is 26.0. The average Bonchev–Trinajstić information content (AvgIpc) is 2.48. The molecule has 114 valence electrons. The van der Waals surface area contributed by atoms with Gasteiger partial charge < -0.3 is 19.6 Å². The van der Waals surface area contributed by atoms with Crippen LogP contribution in [0.4, 0.5) is 9.18 Å². The third-order valence-corrected chi connectivity index (χ3v) is 3.35. The van der Waals surface area contributed by atoms with E-state index >= 15 is 0 Å². The number of benzene rings is 1. The lowest BCUT2D eigenvalue weighted by Crippen LogP contribution is -2.55. The van der Waals surface area contributed by atoms with Crippen LogP contribution in [0.1, 0.15) is 5.56 Å². The topological polar surface area (TPSA) is 70.1 Å². The molecular weight excluding hydrogens is 279 g/mol. The van der Waals surface area contributed by atoms with Crippen molar-refractivity contribution < 1.29 is 23.8 Å². The summed E-state index contributed by atoms with van der Waals surface area (Å²) >= 11 is 0. The first-order valence-corrected chi connectivity index (χ1v) is 6.56. The average molecular weight is 296 g/mol. The standard InChI is InChI=1S/C14H17FN2O4/c1-16(8-10-4-2-3-5-11(10)15)14(20)17-6-7-21-9-12(17)13(18)19/h2-5,12H,6-9H2,1H3,(H,18,19). The summed E-state index contributed by atoms with van der Waals surface area (Å²) in [5.41, 5.74) is 0.383. The van der Waals surface area contributed by atoms with Gasteiger partial charge >= 0.3 is 12.0 Å². The zero-order valence-corrected chi connectivity index (χ0v) is 11.7. The van der Waals surface area contributed by atoms with E-state index in [4.69, 9.17) is 9.84 Å². The zero-order chi connectivity index (χ0) is 15.4. The van der Waals surface area contributed by atoms with E-state index in [0.29, 0.717) is 12.2 Å². The van der Waals surface area contributed by atoms with E-state index < -0.39 is 23.9 Å². The Hall–Kier alpha value is -2.15. The largest absolute Gasteiger partial charge is 0.480 e. The number of hydrogen-bond donors (Lipinski definition) is 1. The molecule has 7 heteroatoms. The van der Waals surface area contributed by atoms with Gasteiger partial charge in [-0.25, -0.2) is 14.0 Å². The minimum atomic E-state index is -1.11. The Bertz CT molecular complexity index is 537. The number of urea groups is 1. The molecule has 0 aliphatic carbocycles. The van der Waals surface area contributed by atoms with Gasteiger partial charge in [-0.05, 0) is 6.07 Å². The molecule has 1 atom stereocenters. The summed E-state index contributed by atoms with van der Waals surface area (Å²) in [5.74, 6) is -1.50. The molecule has 0 spiro atoms. The number of carboxylic acid groups (broad SMARTS) is 1. The second-order valence-corrected chi connectivity index (χ2v) is 4.85. The Morgan fingerprint density at radius 1 is 1.48 bits per heavy atom. The molecule has 1 aromatic rings. The molecule has 1 aromatic carbocycles. The monoisotopic (exact) mass is 296 g/mol. The fourth-order valence-electron chi connectivity index (χ4n) is 2.21. The predicted octanol–water partition coefficient (Wildman–Crippen LogP) is 1.16. The van der Waals surface area contributed by atoms with Crippen LogP contribution in [0.25, 0.3) is 0 Å². The van der Waals surface area contributed by atoms with Gasteiger partial charge in [-0.3, -0.25) is 0 Å². The maximum atomic E-state index is 13.6. The Balaban J connectivity index is 2.07. The molecule has 2 amide bonds. The van der Waals surface area contributed by atoms with E-state index in [1.165, 1.54) is 22.9 Å². The molecule has 0 radical (unpaired) electrons. The van der Waals surface area contributed by atoms with Gasteiger partial charge in [-0.2, -0.15) is 0 Å². The van der Waals surface area contributed by atoms with E-state index in [-0.39, 0.29) is 19.7 Å². The zero-order valence-electron chi connectivity index (χ0n) is 11.7. The van der Waals surface area contributed by atoms with Crippen molar-refractivity contribution in [3.8, 4) is 0 Å². The molecular formula is C14H17FN2O4. The van der Waals surface area contributed by atoms with E-state index in [1.54, 1.807) is 18.2 Å². The van der Waals surface area contributed by atoms with Crippen molar-refractivity contribution >= 4 is 12.0 Å². The number of carbonyl (C=O) groups is 2. The third-order valence-electron chi connectivity index (χ3n) is 3.35. The van der Waals surface area contributed by atoms with Crippen molar-refractivity contribution in [3.05, 3.63) is 35.6 Å². The Labute approximate surface area is 121 Å². The van der Waals surface area contributed by atoms with Crippen molar-refractivity contribution in [1.29, 1.82) is 0 Å². The Morgan fingerprint density at radius 2 is 2.19 bits per heavy atom. The number of hydrogen-bond acceptors (Lipinski definition) is 3. The summed E-state index contributed by atoms with van der Waals surface area (Å²) in [6, 6.07) is 4.72. The minimum Gasteiger partial charge on any atom is -0.480 e. The smallest absolute Gasteiger partial charge is 0.328 e. The molecule has 1 N–H and O–H groups in total. The Kier molecular flexibility index (Phi) is 4.74. The number of aliphatic carboxylic acids is 1. The first-order valence-electron chi connectivity index (χ1n) is 6.56. The number of amides is 2. The van der Waals surface area contributed by atoms with Gasteiger partial charge in [0, 0.05) is 25.7 Å². The van der Waals surface area contributed by atoms with Crippen molar-refractivity contribution in [3.63, 3.8) is 0 Å². The molecule has 2 rings (SSSR count). The second-order valence-electron chi connectivity index (χ2n) is 4.85. The van der Waals surface area contributed by atoms with Crippen LogP contribution < -0.4 is 0 Å². The SMILES string of the molecule is CN(Cc1ccccc1F)C(=O)N1CCOCC1C(=O)O. The summed E-state index contributed by atoms with van der Waals surface area (Å²) in [6.45, 7) is 0.546. The van der Waals surface area contributed by atoms with Crippen molar-refractivity contribution in [2.75, 3.05) is 26.8 Å². The highest BCUT2D eigenvalue weighted by atomic mass is 19.1. The number of ether oxygens (including phenoxy) is 1. The van der Waals surface area contributed by atoms with E-state index in [2.05, 4.69) is 0 Å². The molecule has 1 aliphatic rings. The summed E-state index contributed by atoms with van der Waals surface area (Å²) < 4.78 is 18.7. The quantitative estimate of drug-likeness (QED) is 0.909. The highest BCUT2D eigenvalue weighted by Crippen LogP contribution is 2.14. The van der Waals surface area contributed by atoms with Crippen LogP contribution in [0.3, 0.4) is 0 Å². The van der Waals surface area contributed by atoms with Crippen molar-refractivity contribution in [2.24, 2.45) is 0 Å². The molecule has 1 fully saturated rings. The lowest BCUT2D eigenvalue weighted by molar-refractivity contribution is -0.147. The van der Waals surface area contributed by atoms with Gasteiger partial charge in [0.05, 0.1) is 13.2 Å². The molecule has 6 nitrogen and oxygen atoms in total. The van der Waals surface area contributed by atoms with Crippen LogP contribution in [-0.2, 0) is 16.1 Å². The van der Waals surface area contributed by atoms with Crippen LogP contribution in [0.5, 0.6) is 0 Å². The van der Waals surface area contributed by atoms with E-state index in [0.717, 1.165) is 0 Å². The first kappa shape index (κ1) is 15.2. The van der Waals surface area contributed by atoms with Gasteiger partial charge in [0.2, 0.25) is 0 Å². The Morgan fingerprint density at radius 3 is 2.86 bits per heavy atom. The molecule has 0 aromatic heterocycles. The summed E-state index contributed by atoms with van der Waals surface area (Å²) in [6.07, 6.45) is 0. The van der Waals surface area contributed by atoms with E-state index in [1.807, 2.05) is 0 Å². The third kappa shape index (κ3) is 3.49. The predicted molar refractivity (Wildman–Crippen MR) is 72.2 cm³/mol. The lowest BCUT2D eigenvalue weighted by atomic mass is 10.2. The summed E-state index contributed by atoms with van der Waals surface area (Å²) in [5, 5.41) is 9.12. The van der Waals surface area contributed by atoms with Gasteiger partial charge in [0.15, 0.2) is 6.04 Å². The van der Waals surface area contributed by atoms with Crippen LogP contribution in [-0.4, -0.2) is 59.8 Å². The second kappa shape index (κ2) is 6.53. The van der Waals surface area contributed by atoms with Crippen molar-refractivity contribution in [2.45, 2.75) is 12.6 Å². The van der Waals surface area contributed by atoms with Crippen LogP contribution >= 0.6 is 0 Å². The first-order chi connectivity index (χ1) is 10.0. The number of rotatable bonds is 3. The van der Waals surface area contributed by atoms with Crippen LogP contribution in [0, 0.1) is 5.82 Å². The van der Waals surface area contributed by atoms with Crippen LogP contribution in [0.2, 0.25) is 0 Å². The van der Waals surface area contributed by atoms with Gasteiger partial charge in [0.25, 0.3) is 0 Å². The number of carboxylic acids is 1. The maximum absolute atomic E-state index is 13.6. The molecule has 1 aliphatic heterocycles.